The Balaban J connectivity index is 2.36. The van der Waals surface area contributed by atoms with Crippen molar-refractivity contribution in [2.45, 2.75) is 31.6 Å². The van der Waals surface area contributed by atoms with E-state index in [0.29, 0.717) is 6.42 Å². The van der Waals surface area contributed by atoms with Crippen LogP contribution in [0.2, 0.25) is 0 Å². The van der Waals surface area contributed by atoms with Crippen LogP contribution >= 0.6 is 0 Å². The second kappa shape index (κ2) is 5.46. The second-order valence-corrected chi connectivity index (χ2v) is 5.31. The lowest BCUT2D eigenvalue weighted by Gasteiger charge is -2.34. The number of carbonyl (C=O) groups excluding carboxylic acids is 2. The number of aryl methyl sites for hydroxylation is 1. The van der Waals surface area contributed by atoms with Gasteiger partial charge in [-0.1, -0.05) is 29.8 Å². The van der Waals surface area contributed by atoms with Crippen molar-refractivity contribution < 1.29 is 14.3 Å². The first-order valence-corrected chi connectivity index (χ1v) is 6.61. The summed E-state index contributed by atoms with van der Waals surface area (Å²) in [5.74, 6) is -1.49. The highest BCUT2D eigenvalue weighted by Crippen LogP contribution is 2.40. The second-order valence-electron chi connectivity index (χ2n) is 5.31. The van der Waals surface area contributed by atoms with Crippen LogP contribution in [0, 0.1) is 24.2 Å². The fourth-order valence-electron chi connectivity index (χ4n) is 2.73. The predicted octanol–water partition coefficient (Wildman–Crippen LogP) is 2.30. The molecule has 0 spiro atoms. The summed E-state index contributed by atoms with van der Waals surface area (Å²) in [6.07, 6.45) is 0.901. The Kier molecular flexibility index (Phi) is 3.89. The SMILES string of the molecule is COC(=O)[C@@H]1C[C@@](C#N)(c2ccc(C)cc2)CCC1=O. The van der Waals surface area contributed by atoms with Crippen molar-refractivity contribution in [3.8, 4) is 6.07 Å². The van der Waals surface area contributed by atoms with Crippen LogP contribution in [0.4, 0.5) is 0 Å². The largest absolute Gasteiger partial charge is 0.468 e. The zero-order chi connectivity index (χ0) is 14.8. The zero-order valence-electron chi connectivity index (χ0n) is 11.7. The molecule has 0 aliphatic heterocycles. The van der Waals surface area contributed by atoms with Gasteiger partial charge in [0.2, 0.25) is 0 Å². The maximum Gasteiger partial charge on any atom is 0.316 e. The molecule has 0 saturated heterocycles. The number of rotatable bonds is 2. The third-order valence-corrected chi connectivity index (χ3v) is 4.04. The third-order valence-electron chi connectivity index (χ3n) is 4.04. The molecule has 2 rings (SSSR count). The quantitative estimate of drug-likeness (QED) is 0.611. The lowest BCUT2D eigenvalue weighted by molar-refractivity contribution is -0.151. The van der Waals surface area contributed by atoms with E-state index in [-0.39, 0.29) is 18.6 Å². The lowest BCUT2D eigenvalue weighted by Crippen LogP contribution is -2.40. The van der Waals surface area contributed by atoms with Crippen molar-refractivity contribution in [1.29, 1.82) is 5.26 Å². The van der Waals surface area contributed by atoms with Crippen LogP contribution in [-0.4, -0.2) is 18.9 Å². The number of hydrogen-bond acceptors (Lipinski definition) is 4. The molecule has 0 heterocycles. The molecule has 104 valence electrons. The summed E-state index contributed by atoms with van der Waals surface area (Å²) in [7, 11) is 1.27. The summed E-state index contributed by atoms with van der Waals surface area (Å²) in [6, 6.07) is 10.0. The highest BCUT2D eigenvalue weighted by atomic mass is 16.5. The molecule has 1 aromatic rings. The van der Waals surface area contributed by atoms with Crippen LogP contribution < -0.4 is 0 Å². The van der Waals surface area contributed by atoms with Gasteiger partial charge in [-0.3, -0.25) is 9.59 Å². The average molecular weight is 271 g/mol. The van der Waals surface area contributed by atoms with Crippen LogP contribution in [0.15, 0.2) is 24.3 Å². The van der Waals surface area contributed by atoms with Gasteiger partial charge in [0.15, 0.2) is 0 Å². The summed E-state index contributed by atoms with van der Waals surface area (Å²) < 4.78 is 4.68. The highest BCUT2D eigenvalue weighted by molar-refractivity contribution is 6.00. The number of methoxy groups -OCH3 is 1. The number of ketones is 1. The Hall–Kier alpha value is -2.15. The fourth-order valence-corrected chi connectivity index (χ4v) is 2.73. The molecule has 20 heavy (non-hydrogen) atoms. The summed E-state index contributed by atoms with van der Waals surface area (Å²) in [5.41, 5.74) is 1.20. The molecule has 0 bridgehead atoms. The maximum absolute atomic E-state index is 11.9. The van der Waals surface area contributed by atoms with E-state index in [1.807, 2.05) is 31.2 Å². The molecule has 1 saturated carbocycles. The first kappa shape index (κ1) is 14.3. The number of ether oxygens (including phenoxy) is 1. The zero-order valence-corrected chi connectivity index (χ0v) is 11.7. The van der Waals surface area contributed by atoms with Crippen molar-refractivity contribution in [2.75, 3.05) is 7.11 Å². The number of Topliss-reactive ketones (excluding diaryl/α,β-unsaturated/α-hetero) is 1. The molecule has 1 aromatic carbocycles. The van der Waals surface area contributed by atoms with Crippen LogP contribution in [0.3, 0.4) is 0 Å². The minimum absolute atomic E-state index is 0.130. The summed E-state index contributed by atoms with van der Waals surface area (Å²) >= 11 is 0. The van der Waals surface area contributed by atoms with Crippen LogP contribution in [0.25, 0.3) is 0 Å². The van der Waals surface area contributed by atoms with Gasteiger partial charge in [-0.15, -0.1) is 0 Å². The third kappa shape index (κ3) is 2.44. The summed E-state index contributed by atoms with van der Waals surface area (Å²) in [4.78, 5) is 23.6. The molecule has 1 fully saturated rings. The first-order chi connectivity index (χ1) is 9.52. The normalized spacial score (nSPS) is 25.9. The van der Waals surface area contributed by atoms with E-state index in [9.17, 15) is 14.9 Å². The van der Waals surface area contributed by atoms with Crippen LogP contribution in [0.1, 0.15) is 30.4 Å². The molecule has 1 aliphatic carbocycles. The van der Waals surface area contributed by atoms with Crippen molar-refractivity contribution in [3.63, 3.8) is 0 Å². The lowest BCUT2D eigenvalue weighted by atomic mass is 9.66. The topological polar surface area (TPSA) is 67.2 Å². The van der Waals surface area contributed by atoms with Gasteiger partial charge in [0.05, 0.1) is 18.6 Å². The standard InChI is InChI=1S/C16H17NO3/c1-11-3-5-12(6-4-11)16(10-17)8-7-14(18)13(9-16)15(19)20-2/h3-6,13H,7-9H2,1-2H3/t13-,16+/m1/s1. The van der Waals surface area contributed by atoms with Crippen molar-refractivity contribution >= 4 is 11.8 Å². The Morgan fingerprint density at radius 1 is 1.40 bits per heavy atom. The Labute approximate surface area is 118 Å². The number of nitriles is 1. The van der Waals surface area contributed by atoms with E-state index in [1.54, 1.807) is 0 Å². The molecule has 0 N–H and O–H groups in total. The van der Waals surface area contributed by atoms with E-state index < -0.39 is 17.3 Å². The molecule has 2 atom stereocenters. The number of carbonyl (C=O) groups is 2. The molecule has 0 amide bonds. The van der Waals surface area contributed by atoms with E-state index in [4.69, 9.17) is 0 Å². The van der Waals surface area contributed by atoms with Gasteiger partial charge >= 0.3 is 5.97 Å². The van der Waals surface area contributed by atoms with Gasteiger partial charge in [0, 0.05) is 6.42 Å². The van der Waals surface area contributed by atoms with Crippen molar-refractivity contribution in [1.82, 2.24) is 0 Å². The number of esters is 1. The van der Waals surface area contributed by atoms with Gasteiger partial charge < -0.3 is 4.74 Å². The smallest absolute Gasteiger partial charge is 0.316 e. The molecule has 4 heteroatoms. The van der Waals surface area contributed by atoms with Crippen molar-refractivity contribution in [3.05, 3.63) is 35.4 Å². The van der Waals surface area contributed by atoms with Crippen molar-refractivity contribution in [2.24, 2.45) is 5.92 Å². The molecule has 0 unspecified atom stereocenters. The van der Waals surface area contributed by atoms with E-state index in [1.165, 1.54) is 7.11 Å². The monoisotopic (exact) mass is 271 g/mol. The van der Waals surface area contributed by atoms with Gasteiger partial charge in [-0.25, -0.2) is 0 Å². The maximum atomic E-state index is 11.9. The van der Waals surface area contributed by atoms with Gasteiger partial charge in [-0.2, -0.15) is 5.26 Å². The summed E-state index contributed by atoms with van der Waals surface area (Å²) in [6.45, 7) is 1.98. The molecular formula is C16H17NO3. The molecule has 1 aliphatic rings. The van der Waals surface area contributed by atoms with E-state index in [2.05, 4.69) is 10.8 Å². The molecular weight excluding hydrogens is 254 g/mol. The predicted molar refractivity (Wildman–Crippen MR) is 72.8 cm³/mol. The highest BCUT2D eigenvalue weighted by Gasteiger charge is 2.45. The molecule has 0 aromatic heterocycles. The van der Waals surface area contributed by atoms with E-state index in [0.717, 1.165) is 11.1 Å². The Morgan fingerprint density at radius 3 is 2.60 bits per heavy atom. The van der Waals surface area contributed by atoms with Crippen LogP contribution in [0.5, 0.6) is 0 Å². The average Bonchev–Trinajstić information content (AvgIpc) is 2.48. The van der Waals surface area contributed by atoms with Gasteiger partial charge in [0.25, 0.3) is 0 Å². The Morgan fingerprint density at radius 2 is 2.05 bits per heavy atom. The van der Waals surface area contributed by atoms with Gasteiger partial charge in [-0.05, 0) is 25.3 Å². The Bertz CT molecular complexity index is 562. The van der Waals surface area contributed by atoms with Gasteiger partial charge in [0.1, 0.15) is 11.7 Å². The number of nitrogens with zero attached hydrogens (tertiary/aromatic N) is 1. The van der Waals surface area contributed by atoms with E-state index >= 15 is 0 Å². The first-order valence-electron chi connectivity index (χ1n) is 6.61. The van der Waals surface area contributed by atoms with Crippen LogP contribution in [-0.2, 0) is 19.7 Å². The minimum atomic E-state index is -0.824. The minimum Gasteiger partial charge on any atom is -0.468 e. The number of hydrogen-bond donors (Lipinski definition) is 0. The number of benzene rings is 1. The molecule has 4 nitrogen and oxygen atoms in total. The molecule has 0 radical (unpaired) electrons. The fraction of sp³-hybridized carbons (Fsp3) is 0.438. The summed E-state index contributed by atoms with van der Waals surface area (Å²) in [5, 5.41) is 9.61.